The number of aryl methyl sites for hydroxylation is 2. The summed E-state index contributed by atoms with van der Waals surface area (Å²) >= 11 is 5.68. The maximum atomic E-state index is 12.8. The monoisotopic (exact) mass is 300 g/mol. The molecule has 0 aliphatic rings. The molecule has 0 bridgehead atoms. The van der Waals surface area contributed by atoms with E-state index in [4.69, 9.17) is 11.6 Å². The molecule has 4 heteroatoms. The molecular formula is C16H16ClF3. The summed E-state index contributed by atoms with van der Waals surface area (Å²) in [4.78, 5) is 0. The smallest absolute Gasteiger partial charge is 0.129 e. The molecule has 2 rings (SSSR count). The molecule has 0 saturated carbocycles. The fourth-order valence-electron chi connectivity index (χ4n) is 1.54. The Morgan fingerprint density at radius 3 is 1.40 bits per heavy atom. The van der Waals surface area contributed by atoms with E-state index in [0.717, 1.165) is 5.56 Å². The quantitative estimate of drug-likeness (QED) is 0.587. The fourth-order valence-corrected chi connectivity index (χ4v) is 1.81. The summed E-state index contributed by atoms with van der Waals surface area (Å²) in [6.07, 6.45) is 0. The van der Waals surface area contributed by atoms with E-state index in [-0.39, 0.29) is 11.4 Å². The van der Waals surface area contributed by atoms with E-state index < -0.39 is 11.6 Å². The first-order valence-corrected chi connectivity index (χ1v) is 6.44. The van der Waals surface area contributed by atoms with Crippen LogP contribution in [0.2, 0.25) is 5.02 Å². The van der Waals surface area contributed by atoms with Crippen LogP contribution in [0.3, 0.4) is 0 Å². The van der Waals surface area contributed by atoms with Crippen molar-refractivity contribution in [2.45, 2.75) is 27.7 Å². The molecule has 0 spiro atoms. The van der Waals surface area contributed by atoms with E-state index in [9.17, 15) is 13.2 Å². The van der Waals surface area contributed by atoms with Crippen molar-refractivity contribution in [3.63, 3.8) is 0 Å². The van der Waals surface area contributed by atoms with Gasteiger partial charge in [0, 0.05) is 16.1 Å². The number of rotatable bonds is 0. The second-order valence-corrected chi connectivity index (χ2v) is 5.11. The minimum atomic E-state index is -0.475. The summed E-state index contributed by atoms with van der Waals surface area (Å²) in [7, 11) is 0. The second kappa shape index (κ2) is 6.80. The van der Waals surface area contributed by atoms with Crippen molar-refractivity contribution in [3.8, 4) is 0 Å². The Bertz CT molecular complexity index is 520. The summed E-state index contributed by atoms with van der Waals surface area (Å²) in [6.45, 7) is 6.56. The van der Waals surface area contributed by atoms with Gasteiger partial charge in [-0.1, -0.05) is 11.6 Å². The van der Waals surface area contributed by atoms with Crippen LogP contribution in [-0.2, 0) is 0 Å². The van der Waals surface area contributed by atoms with Crippen LogP contribution in [0, 0.1) is 45.1 Å². The van der Waals surface area contributed by atoms with Gasteiger partial charge in [0.15, 0.2) is 0 Å². The van der Waals surface area contributed by atoms with Crippen LogP contribution in [0.5, 0.6) is 0 Å². The van der Waals surface area contributed by atoms with Crippen LogP contribution in [0.1, 0.15) is 22.3 Å². The predicted molar refractivity (Wildman–Crippen MR) is 76.7 cm³/mol. The normalized spacial score (nSPS) is 10.0. The van der Waals surface area contributed by atoms with E-state index in [2.05, 4.69) is 0 Å². The first-order valence-electron chi connectivity index (χ1n) is 6.07. The van der Waals surface area contributed by atoms with Crippen LogP contribution >= 0.6 is 11.6 Å². The van der Waals surface area contributed by atoms with Gasteiger partial charge in [0.25, 0.3) is 0 Å². The van der Waals surface area contributed by atoms with E-state index >= 15 is 0 Å². The minimum Gasteiger partial charge on any atom is -0.207 e. The number of benzene rings is 2. The van der Waals surface area contributed by atoms with Crippen LogP contribution in [0.4, 0.5) is 13.2 Å². The highest BCUT2D eigenvalue weighted by Gasteiger charge is 2.03. The fraction of sp³-hybridized carbons (Fsp3) is 0.250. The van der Waals surface area contributed by atoms with Gasteiger partial charge in [-0.25, -0.2) is 13.2 Å². The second-order valence-electron chi connectivity index (χ2n) is 4.71. The van der Waals surface area contributed by atoms with Crippen LogP contribution in [-0.4, -0.2) is 0 Å². The van der Waals surface area contributed by atoms with Crippen LogP contribution < -0.4 is 0 Å². The van der Waals surface area contributed by atoms with Gasteiger partial charge in [-0.15, -0.1) is 0 Å². The summed E-state index contributed by atoms with van der Waals surface area (Å²) in [5.41, 5.74) is 2.08. The average molecular weight is 301 g/mol. The third kappa shape index (κ3) is 4.27. The lowest BCUT2D eigenvalue weighted by atomic mass is 10.1. The summed E-state index contributed by atoms with van der Waals surface area (Å²) in [6, 6.07) is 5.86. The Labute approximate surface area is 122 Å². The van der Waals surface area contributed by atoms with Gasteiger partial charge in [0.05, 0.1) is 0 Å². The maximum Gasteiger partial charge on any atom is 0.129 e. The molecule has 20 heavy (non-hydrogen) atoms. The Morgan fingerprint density at radius 2 is 1.00 bits per heavy atom. The van der Waals surface area contributed by atoms with E-state index in [0.29, 0.717) is 16.1 Å². The first-order chi connectivity index (χ1) is 9.22. The molecule has 0 saturated heterocycles. The molecule has 0 fully saturated rings. The van der Waals surface area contributed by atoms with Crippen LogP contribution in [0.25, 0.3) is 0 Å². The Balaban J connectivity index is 0.000000200. The Morgan fingerprint density at radius 1 is 0.650 bits per heavy atom. The van der Waals surface area contributed by atoms with Crippen molar-refractivity contribution in [3.05, 3.63) is 69.0 Å². The topological polar surface area (TPSA) is 0 Å². The zero-order valence-electron chi connectivity index (χ0n) is 11.8. The third-order valence-electron chi connectivity index (χ3n) is 2.85. The molecule has 2 aromatic carbocycles. The van der Waals surface area contributed by atoms with Crippen molar-refractivity contribution >= 4 is 11.6 Å². The Kier molecular flexibility index (Phi) is 5.63. The van der Waals surface area contributed by atoms with Gasteiger partial charge in [-0.3, -0.25) is 0 Å². The largest absolute Gasteiger partial charge is 0.207 e. The lowest BCUT2D eigenvalue weighted by Gasteiger charge is -1.99. The van der Waals surface area contributed by atoms with Crippen molar-refractivity contribution < 1.29 is 13.2 Å². The molecule has 0 aromatic heterocycles. The van der Waals surface area contributed by atoms with Gasteiger partial charge in [-0.05, 0) is 63.1 Å². The van der Waals surface area contributed by atoms with E-state index in [1.54, 1.807) is 19.9 Å². The molecule has 0 aliphatic heterocycles. The van der Waals surface area contributed by atoms with E-state index in [1.807, 2.05) is 6.92 Å². The molecule has 0 amide bonds. The lowest BCUT2D eigenvalue weighted by Crippen LogP contribution is -1.88. The molecule has 0 N–H and O–H groups in total. The van der Waals surface area contributed by atoms with Gasteiger partial charge < -0.3 is 0 Å². The SMILES string of the molecule is Cc1cc(F)c(C)c(Cl)c1.Cc1cc(F)c(C)c(F)c1. The van der Waals surface area contributed by atoms with Crippen molar-refractivity contribution in [2.75, 3.05) is 0 Å². The summed E-state index contributed by atoms with van der Waals surface area (Å²) in [5.74, 6) is -1.18. The van der Waals surface area contributed by atoms with E-state index in [1.165, 1.54) is 25.1 Å². The molecule has 0 radical (unpaired) electrons. The molecule has 0 unspecified atom stereocenters. The number of halogens is 4. The standard InChI is InChI=1S/C8H8ClF.C8H8F2/c2*1-5-3-7(9)6(2)8(10)4-5/h2*3-4H,1-2H3. The highest BCUT2D eigenvalue weighted by molar-refractivity contribution is 6.31. The molecular weight excluding hydrogens is 285 g/mol. The zero-order chi connectivity index (χ0) is 15.4. The first kappa shape index (κ1) is 16.6. The average Bonchev–Trinajstić information content (AvgIpc) is 2.33. The number of hydrogen-bond donors (Lipinski definition) is 0. The lowest BCUT2D eigenvalue weighted by molar-refractivity contribution is 0.566. The molecule has 2 aromatic rings. The molecule has 0 aliphatic carbocycles. The molecule has 0 nitrogen and oxygen atoms in total. The van der Waals surface area contributed by atoms with Gasteiger partial charge in [0.1, 0.15) is 17.5 Å². The van der Waals surface area contributed by atoms with Crippen molar-refractivity contribution in [1.29, 1.82) is 0 Å². The van der Waals surface area contributed by atoms with Crippen molar-refractivity contribution in [1.82, 2.24) is 0 Å². The van der Waals surface area contributed by atoms with Crippen LogP contribution in [0.15, 0.2) is 24.3 Å². The number of hydrogen-bond acceptors (Lipinski definition) is 0. The Hall–Kier alpha value is -1.48. The predicted octanol–water partition coefficient (Wildman–Crippen LogP) is 5.68. The highest BCUT2D eigenvalue weighted by Crippen LogP contribution is 2.19. The van der Waals surface area contributed by atoms with Gasteiger partial charge in [-0.2, -0.15) is 0 Å². The summed E-state index contributed by atoms with van der Waals surface area (Å²) < 4.78 is 38.0. The van der Waals surface area contributed by atoms with Gasteiger partial charge in [0.2, 0.25) is 0 Å². The third-order valence-corrected chi connectivity index (χ3v) is 3.24. The maximum absolute atomic E-state index is 12.8. The zero-order valence-corrected chi connectivity index (χ0v) is 12.6. The molecule has 0 heterocycles. The minimum absolute atomic E-state index is 0.0885. The summed E-state index contributed by atoms with van der Waals surface area (Å²) in [5, 5.41) is 0.498. The molecule has 108 valence electrons. The highest BCUT2D eigenvalue weighted by atomic mass is 35.5. The van der Waals surface area contributed by atoms with Crippen molar-refractivity contribution in [2.24, 2.45) is 0 Å². The van der Waals surface area contributed by atoms with Gasteiger partial charge >= 0.3 is 0 Å². The molecule has 0 atom stereocenters.